The molecule has 100 valence electrons. The summed E-state index contributed by atoms with van der Waals surface area (Å²) in [6, 6.07) is 3.58. The van der Waals surface area contributed by atoms with Gasteiger partial charge in [-0.25, -0.2) is 8.78 Å². The van der Waals surface area contributed by atoms with Crippen molar-refractivity contribution in [3.05, 3.63) is 35.7 Å². The fourth-order valence-electron chi connectivity index (χ4n) is 2.22. The Kier molecular flexibility index (Phi) is 3.25. The summed E-state index contributed by atoms with van der Waals surface area (Å²) in [5.74, 6) is -0.682. The highest BCUT2D eigenvalue weighted by molar-refractivity contribution is 5.54. The minimum absolute atomic E-state index is 0.243. The van der Waals surface area contributed by atoms with Gasteiger partial charge in [0.2, 0.25) is 11.7 Å². The third-order valence-electron chi connectivity index (χ3n) is 3.31. The van der Waals surface area contributed by atoms with Gasteiger partial charge >= 0.3 is 0 Å². The van der Waals surface area contributed by atoms with Crippen molar-refractivity contribution >= 4 is 0 Å². The maximum Gasteiger partial charge on any atom is 0.230 e. The van der Waals surface area contributed by atoms with Crippen LogP contribution >= 0.6 is 0 Å². The van der Waals surface area contributed by atoms with E-state index in [1.807, 2.05) is 0 Å². The van der Waals surface area contributed by atoms with Crippen LogP contribution in [-0.2, 0) is 0 Å². The lowest BCUT2D eigenvalue weighted by Gasteiger charge is -2.18. The van der Waals surface area contributed by atoms with Gasteiger partial charge in [-0.05, 0) is 44.1 Å². The molecule has 1 N–H and O–H groups in total. The first-order valence-corrected chi connectivity index (χ1v) is 6.24. The molecule has 1 aliphatic heterocycles. The summed E-state index contributed by atoms with van der Waals surface area (Å²) < 4.78 is 31.2. The van der Waals surface area contributed by atoms with Crippen LogP contribution in [0.3, 0.4) is 0 Å². The number of halogens is 2. The lowest BCUT2D eigenvalue weighted by atomic mass is 9.98. The summed E-state index contributed by atoms with van der Waals surface area (Å²) in [5.41, 5.74) is 0.419. The van der Waals surface area contributed by atoms with E-state index in [1.165, 1.54) is 6.07 Å². The molecule has 0 bridgehead atoms. The van der Waals surface area contributed by atoms with Crippen LogP contribution < -0.4 is 5.32 Å². The highest BCUT2D eigenvalue weighted by Gasteiger charge is 2.21. The first kappa shape index (κ1) is 12.2. The molecule has 4 nitrogen and oxygen atoms in total. The maximum absolute atomic E-state index is 13.2. The molecule has 1 fully saturated rings. The van der Waals surface area contributed by atoms with E-state index in [0.717, 1.165) is 38.1 Å². The van der Waals surface area contributed by atoms with Crippen LogP contribution in [0.15, 0.2) is 22.7 Å². The van der Waals surface area contributed by atoms with Gasteiger partial charge in [0, 0.05) is 11.5 Å². The third-order valence-corrected chi connectivity index (χ3v) is 3.31. The summed E-state index contributed by atoms with van der Waals surface area (Å²) in [5, 5.41) is 7.09. The number of hydrogen-bond donors (Lipinski definition) is 1. The molecule has 1 aromatic heterocycles. The van der Waals surface area contributed by atoms with Gasteiger partial charge in [0.25, 0.3) is 0 Å². The second-order valence-corrected chi connectivity index (χ2v) is 4.61. The van der Waals surface area contributed by atoms with Gasteiger partial charge in [-0.15, -0.1) is 0 Å². The van der Waals surface area contributed by atoms with Gasteiger partial charge in [0.1, 0.15) is 0 Å². The Morgan fingerprint density at radius 1 is 1.16 bits per heavy atom. The van der Waals surface area contributed by atoms with Crippen LogP contribution in [0.25, 0.3) is 11.4 Å². The van der Waals surface area contributed by atoms with E-state index in [4.69, 9.17) is 4.52 Å². The molecule has 0 atom stereocenters. The van der Waals surface area contributed by atoms with Gasteiger partial charge in [0.05, 0.1) is 0 Å². The fraction of sp³-hybridized carbons (Fsp3) is 0.385. The molecule has 1 aliphatic rings. The molecule has 0 radical (unpaired) electrons. The number of nitrogens with one attached hydrogen (secondary N) is 1. The predicted molar refractivity (Wildman–Crippen MR) is 64.5 cm³/mol. The molecule has 0 unspecified atom stereocenters. The molecule has 2 heterocycles. The average Bonchev–Trinajstić information content (AvgIpc) is 2.93. The lowest BCUT2D eigenvalue weighted by molar-refractivity contribution is 0.320. The molecular formula is C13H13F2N3O. The monoisotopic (exact) mass is 265 g/mol. The van der Waals surface area contributed by atoms with E-state index < -0.39 is 11.6 Å². The zero-order chi connectivity index (χ0) is 13.2. The van der Waals surface area contributed by atoms with Crippen molar-refractivity contribution in [1.29, 1.82) is 0 Å². The van der Waals surface area contributed by atoms with E-state index in [1.54, 1.807) is 0 Å². The van der Waals surface area contributed by atoms with E-state index >= 15 is 0 Å². The molecule has 0 amide bonds. The Labute approximate surface area is 108 Å². The van der Waals surface area contributed by atoms with Gasteiger partial charge in [0.15, 0.2) is 11.6 Å². The van der Waals surface area contributed by atoms with Crippen molar-refractivity contribution in [1.82, 2.24) is 15.5 Å². The normalized spacial score (nSPS) is 16.7. The van der Waals surface area contributed by atoms with Crippen molar-refractivity contribution in [3.8, 4) is 11.4 Å². The lowest BCUT2D eigenvalue weighted by Crippen LogP contribution is -2.26. The number of hydrogen-bond acceptors (Lipinski definition) is 4. The van der Waals surface area contributed by atoms with Crippen LogP contribution in [-0.4, -0.2) is 23.2 Å². The van der Waals surface area contributed by atoms with Crippen LogP contribution in [0.4, 0.5) is 8.78 Å². The Balaban J connectivity index is 1.85. The number of nitrogens with zero attached hydrogens (tertiary/aromatic N) is 2. The predicted octanol–water partition coefficient (Wildman–Crippen LogP) is 2.48. The molecular weight excluding hydrogens is 252 g/mol. The van der Waals surface area contributed by atoms with Crippen molar-refractivity contribution < 1.29 is 13.3 Å². The topological polar surface area (TPSA) is 51.0 Å². The Morgan fingerprint density at radius 3 is 2.68 bits per heavy atom. The first-order valence-electron chi connectivity index (χ1n) is 6.24. The molecule has 1 aromatic carbocycles. The van der Waals surface area contributed by atoms with Crippen LogP contribution in [0.2, 0.25) is 0 Å². The maximum atomic E-state index is 13.2. The van der Waals surface area contributed by atoms with Crippen LogP contribution in [0.5, 0.6) is 0 Å². The molecule has 2 aromatic rings. The van der Waals surface area contributed by atoms with Crippen molar-refractivity contribution in [2.24, 2.45) is 0 Å². The smallest absolute Gasteiger partial charge is 0.230 e. The molecule has 1 saturated heterocycles. The van der Waals surface area contributed by atoms with Crippen molar-refractivity contribution in [2.45, 2.75) is 18.8 Å². The van der Waals surface area contributed by atoms with E-state index in [2.05, 4.69) is 15.5 Å². The standard InChI is InChI=1S/C13H13F2N3O/c14-10-2-1-9(7-11(10)15)12-17-13(19-18-12)8-3-5-16-6-4-8/h1-2,7-8,16H,3-6H2. The highest BCUT2D eigenvalue weighted by atomic mass is 19.2. The van der Waals surface area contributed by atoms with Crippen molar-refractivity contribution in [3.63, 3.8) is 0 Å². The van der Waals surface area contributed by atoms with Gasteiger partial charge < -0.3 is 9.84 Å². The average molecular weight is 265 g/mol. The minimum Gasteiger partial charge on any atom is -0.339 e. The summed E-state index contributed by atoms with van der Waals surface area (Å²) in [4.78, 5) is 4.28. The summed E-state index contributed by atoms with van der Waals surface area (Å²) >= 11 is 0. The zero-order valence-electron chi connectivity index (χ0n) is 10.2. The summed E-state index contributed by atoms with van der Waals surface area (Å²) in [7, 11) is 0. The largest absolute Gasteiger partial charge is 0.339 e. The van der Waals surface area contributed by atoms with Crippen LogP contribution in [0.1, 0.15) is 24.7 Å². The van der Waals surface area contributed by atoms with Gasteiger partial charge in [-0.1, -0.05) is 5.16 Å². The molecule has 0 aliphatic carbocycles. The van der Waals surface area contributed by atoms with Crippen LogP contribution in [0, 0.1) is 11.6 Å². The summed E-state index contributed by atoms with van der Waals surface area (Å²) in [6.45, 7) is 1.85. The second-order valence-electron chi connectivity index (χ2n) is 4.61. The minimum atomic E-state index is -0.911. The molecule has 19 heavy (non-hydrogen) atoms. The number of piperidine rings is 1. The molecule has 0 saturated carbocycles. The van der Waals surface area contributed by atoms with E-state index in [9.17, 15) is 8.78 Å². The Hall–Kier alpha value is -1.82. The Morgan fingerprint density at radius 2 is 1.95 bits per heavy atom. The fourth-order valence-corrected chi connectivity index (χ4v) is 2.22. The third kappa shape index (κ3) is 2.49. The number of aromatic nitrogens is 2. The quantitative estimate of drug-likeness (QED) is 0.906. The zero-order valence-corrected chi connectivity index (χ0v) is 10.2. The summed E-state index contributed by atoms with van der Waals surface area (Å²) in [6.07, 6.45) is 1.89. The van der Waals surface area contributed by atoms with E-state index in [0.29, 0.717) is 17.3 Å². The molecule has 0 spiro atoms. The van der Waals surface area contributed by atoms with Gasteiger partial charge in [-0.2, -0.15) is 4.98 Å². The van der Waals surface area contributed by atoms with E-state index in [-0.39, 0.29) is 5.92 Å². The highest BCUT2D eigenvalue weighted by Crippen LogP contribution is 2.26. The SMILES string of the molecule is Fc1ccc(-c2noc(C3CCNCC3)n2)cc1F. The molecule has 6 heteroatoms. The number of rotatable bonds is 2. The second kappa shape index (κ2) is 5.05. The Bertz CT molecular complexity index is 579. The molecule has 3 rings (SSSR count). The van der Waals surface area contributed by atoms with Gasteiger partial charge in [-0.3, -0.25) is 0 Å². The first-order chi connectivity index (χ1) is 9.24. The number of benzene rings is 1. The van der Waals surface area contributed by atoms with Crippen molar-refractivity contribution in [2.75, 3.05) is 13.1 Å².